The molecule has 1 aliphatic carbocycles. The normalized spacial score (nSPS) is 21.4. The van der Waals surface area contributed by atoms with E-state index in [0.29, 0.717) is 23.1 Å². The van der Waals surface area contributed by atoms with Crippen LogP contribution in [0.1, 0.15) is 76.0 Å². The monoisotopic (exact) mass is 277 g/mol. The van der Waals surface area contributed by atoms with Crippen molar-refractivity contribution in [1.29, 1.82) is 0 Å². The lowest BCUT2D eigenvalue weighted by Crippen LogP contribution is -2.34. The van der Waals surface area contributed by atoms with Crippen LogP contribution in [0, 0.1) is 5.41 Å². The van der Waals surface area contributed by atoms with Gasteiger partial charge in [0.25, 0.3) is 5.91 Å². The number of aromatic nitrogens is 2. The van der Waals surface area contributed by atoms with Crippen molar-refractivity contribution in [2.45, 2.75) is 72.4 Å². The Kier molecular flexibility index (Phi) is 4.21. The zero-order chi connectivity index (χ0) is 14.9. The standard InChI is InChI=1S/C16H27N3O/c1-6-19-14(9-13(18-19)11(2)3)15(20)17-12-7-8-16(4,5)10-12/h9,11-12H,6-8,10H2,1-5H3,(H,17,20). The van der Waals surface area contributed by atoms with Gasteiger partial charge in [0.2, 0.25) is 0 Å². The van der Waals surface area contributed by atoms with Gasteiger partial charge < -0.3 is 5.32 Å². The van der Waals surface area contributed by atoms with E-state index in [9.17, 15) is 4.79 Å². The number of nitrogens with zero attached hydrogens (tertiary/aromatic N) is 2. The second-order valence-electron chi connectivity index (χ2n) is 7.00. The van der Waals surface area contributed by atoms with Crippen LogP contribution in [0.4, 0.5) is 0 Å². The third-order valence-electron chi connectivity index (χ3n) is 4.23. The van der Waals surface area contributed by atoms with Crippen LogP contribution in [0.15, 0.2) is 6.07 Å². The lowest BCUT2D eigenvalue weighted by molar-refractivity contribution is 0.0925. The zero-order valence-electron chi connectivity index (χ0n) is 13.4. The molecule has 1 amide bonds. The molecular weight excluding hydrogens is 250 g/mol. The molecule has 1 unspecified atom stereocenters. The Morgan fingerprint density at radius 2 is 2.25 bits per heavy atom. The minimum absolute atomic E-state index is 0.0222. The maximum atomic E-state index is 12.5. The molecule has 112 valence electrons. The molecule has 1 atom stereocenters. The number of aryl methyl sites for hydroxylation is 1. The summed E-state index contributed by atoms with van der Waals surface area (Å²) >= 11 is 0. The molecule has 1 aromatic rings. The average Bonchev–Trinajstić information content (AvgIpc) is 2.92. The third-order valence-corrected chi connectivity index (χ3v) is 4.23. The fourth-order valence-electron chi connectivity index (χ4n) is 2.96. The van der Waals surface area contributed by atoms with E-state index in [1.165, 1.54) is 6.42 Å². The molecule has 0 radical (unpaired) electrons. The Hall–Kier alpha value is -1.32. The number of nitrogens with one attached hydrogen (secondary N) is 1. The molecule has 0 aromatic carbocycles. The topological polar surface area (TPSA) is 46.9 Å². The molecule has 1 fully saturated rings. The summed E-state index contributed by atoms with van der Waals surface area (Å²) < 4.78 is 1.81. The van der Waals surface area contributed by atoms with E-state index in [4.69, 9.17) is 0 Å². The van der Waals surface area contributed by atoms with Crippen LogP contribution in [0.25, 0.3) is 0 Å². The van der Waals surface area contributed by atoms with Crippen LogP contribution in [0.2, 0.25) is 0 Å². The molecule has 2 rings (SSSR count). The summed E-state index contributed by atoms with van der Waals surface area (Å²) in [5.41, 5.74) is 2.04. The fourth-order valence-corrected chi connectivity index (χ4v) is 2.96. The Morgan fingerprint density at radius 1 is 1.55 bits per heavy atom. The summed E-state index contributed by atoms with van der Waals surface area (Å²) in [6, 6.07) is 2.24. The first-order chi connectivity index (χ1) is 9.32. The van der Waals surface area contributed by atoms with Crippen LogP contribution in [0.5, 0.6) is 0 Å². The lowest BCUT2D eigenvalue weighted by Gasteiger charge is -2.18. The van der Waals surface area contributed by atoms with Crippen LogP contribution in [-0.4, -0.2) is 21.7 Å². The van der Waals surface area contributed by atoms with Crippen LogP contribution < -0.4 is 5.32 Å². The Morgan fingerprint density at radius 3 is 2.75 bits per heavy atom. The maximum absolute atomic E-state index is 12.5. The van der Waals surface area contributed by atoms with E-state index in [2.05, 4.69) is 38.1 Å². The minimum Gasteiger partial charge on any atom is -0.348 e. The Labute approximate surface area is 121 Å². The summed E-state index contributed by atoms with van der Waals surface area (Å²) in [5, 5.41) is 7.69. The van der Waals surface area contributed by atoms with Gasteiger partial charge in [-0.2, -0.15) is 5.10 Å². The highest BCUT2D eigenvalue weighted by Crippen LogP contribution is 2.37. The molecule has 0 spiro atoms. The highest BCUT2D eigenvalue weighted by Gasteiger charge is 2.32. The van der Waals surface area contributed by atoms with Crippen molar-refractivity contribution >= 4 is 5.91 Å². The molecule has 1 heterocycles. The fraction of sp³-hybridized carbons (Fsp3) is 0.750. The van der Waals surface area contributed by atoms with Gasteiger partial charge >= 0.3 is 0 Å². The van der Waals surface area contributed by atoms with Gasteiger partial charge in [-0.1, -0.05) is 27.7 Å². The Bertz CT molecular complexity index is 488. The largest absolute Gasteiger partial charge is 0.348 e. The molecule has 0 saturated heterocycles. The van der Waals surface area contributed by atoms with Crippen molar-refractivity contribution < 1.29 is 4.79 Å². The summed E-state index contributed by atoms with van der Waals surface area (Å²) in [7, 11) is 0. The SMILES string of the molecule is CCn1nc(C(C)C)cc1C(=O)NC1CCC(C)(C)C1. The molecule has 4 nitrogen and oxygen atoms in total. The van der Waals surface area contributed by atoms with Crippen LogP contribution >= 0.6 is 0 Å². The molecule has 1 saturated carbocycles. The minimum atomic E-state index is 0.0222. The van der Waals surface area contributed by atoms with Gasteiger partial charge in [0.1, 0.15) is 5.69 Å². The van der Waals surface area contributed by atoms with Gasteiger partial charge in [-0.15, -0.1) is 0 Å². The van der Waals surface area contributed by atoms with Crippen molar-refractivity contribution in [3.63, 3.8) is 0 Å². The van der Waals surface area contributed by atoms with E-state index in [1.807, 2.05) is 17.7 Å². The van der Waals surface area contributed by atoms with Crippen molar-refractivity contribution in [1.82, 2.24) is 15.1 Å². The summed E-state index contributed by atoms with van der Waals surface area (Å²) in [5.74, 6) is 0.369. The second-order valence-corrected chi connectivity index (χ2v) is 7.00. The molecule has 1 aromatic heterocycles. The van der Waals surface area contributed by atoms with E-state index < -0.39 is 0 Å². The molecule has 1 aliphatic rings. The molecule has 4 heteroatoms. The first-order valence-electron chi connectivity index (χ1n) is 7.71. The van der Waals surface area contributed by atoms with Crippen LogP contribution in [-0.2, 0) is 6.54 Å². The van der Waals surface area contributed by atoms with Crippen molar-refractivity contribution in [2.24, 2.45) is 5.41 Å². The zero-order valence-corrected chi connectivity index (χ0v) is 13.4. The van der Waals surface area contributed by atoms with E-state index in [1.54, 1.807) is 0 Å². The van der Waals surface area contributed by atoms with Crippen LogP contribution in [0.3, 0.4) is 0 Å². The highest BCUT2D eigenvalue weighted by molar-refractivity contribution is 5.93. The van der Waals surface area contributed by atoms with Crippen molar-refractivity contribution in [3.05, 3.63) is 17.5 Å². The van der Waals surface area contributed by atoms with Gasteiger partial charge in [-0.05, 0) is 43.6 Å². The predicted octanol–water partition coefficient (Wildman–Crippen LogP) is 3.33. The summed E-state index contributed by atoms with van der Waals surface area (Å²) in [6.45, 7) is 11.5. The van der Waals surface area contributed by atoms with E-state index in [0.717, 1.165) is 25.1 Å². The molecule has 20 heavy (non-hydrogen) atoms. The van der Waals surface area contributed by atoms with Crippen molar-refractivity contribution in [3.8, 4) is 0 Å². The summed E-state index contributed by atoms with van der Waals surface area (Å²) in [4.78, 5) is 12.5. The van der Waals surface area contributed by atoms with E-state index in [-0.39, 0.29) is 5.91 Å². The Balaban J connectivity index is 2.09. The predicted molar refractivity (Wildman–Crippen MR) is 80.9 cm³/mol. The number of carbonyl (C=O) groups is 1. The maximum Gasteiger partial charge on any atom is 0.269 e. The van der Waals surface area contributed by atoms with Gasteiger partial charge in [0, 0.05) is 12.6 Å². The van der Waals surface area contributed by atoms with Gasteiger partial charge in [0.15, 0.2) is 0 Å². The van der Waals surface area contributed by atoms with Gasteiger partial charge in [-0.25, -0.2) is 0 Å². The molecule has 0 aliphatic heterocycles. The average molecular weight is 277 g/mol. The number of hydrogen-bond acceptors (Lipinski definition) is 2. The lowest BCUT2D eigenvalue weighted by atomic mass is 9.92. The number of rotatable bonds is 4. The number of amides is 1. The molecule has 0 bridgehead atoms. The van der Waals surface area contributed by atoms with Gasteiger partial charge in [0.05, 0.1) is 5.69 Å². The number of carbonyl (C=O) groups excluding carboxylic acids is 1. The number of hydrogen-bond donors (Lipinski definition) is 1. The first kappa shape index (κ1) is 15.1. The molecule has 1 N–H and O–H groups in total. The summed E-state index contributed by atoms with van der Waals surface area (Å²) in [6.07, 6.45) is 3.33. The quantitative estimate of drug-likeness (QED) is 0.917. The van der Waals surface area contributed by atoms with Crippen molar-refractivity contribution in [2.75, 3.05) is 0 Å². The third kappa shape index (κ3) is 3.22. The molecular formula is C16H27N3O. The smallest absolute Gasteiger partial charge is 0.269 e. The second kappa shape index (κ2) is 5.58. The first-order valence-corrected chi connectivity index (χ1v) is 7.71. The highest BCUT2D eigenvalue weighted by atomic mass is 16.2. The van der Waals surface area contributed by atoms with E-state index >= 15 is 0 Å². The van der Waals surface area contributed by atoms with Gasteiger partial charge in [-0.3, -0.25) is 9.48 Å².